The van der Waals surface area contributed by atoms with Gasteiger partial charge in [-0.2, -0.15) is 5.10 Å². The topological polar surface area (TPSA) is 112 Å². The summed E-state index contributed by atoms with van der Waals surface area (Å²) in [5, 5.41) is 8.55. The van der Waals surface area contributed by atoms with Gasteiger partial charge in [-0.1, -0.05) is 6.42 Å². The summed E-state index contributed by atoms with van der Waals surface area (Å²) in [4.78, 5) is 26.6. The standard InChI is InChI=1S/C33H34FN9O/c1-42(2)10-11-44-25-14-22(13-24(34)15-25)30-32-27(6-7-36-30)38-33(39-32)31-26-16-28(37-19-29(26)40-41-31)23-12-21(17-35-18-23)20-43-8-4-3-5-9-43/h6-7,12-19H,3-5,8-11,20H2,1-2H3,(H,38,39)(H,40,41). The average molecular weight is 592 g/mol. The number of ether oxygens (including phenoxy) is 1. The van der Waals surface area contributed by atoms with E-state index in [0.29, 0.717) is 40.6 Å². The van der Waals surface area contributed by atoms with Gasteiger partial charge in [0.1, 0.15) is 29.4 Å². The number of rotatable bonds is 9. The third-order valence-corrected chi connectivity index (χ3v) is 7.97. The van der Waals surface area contributed by atoms with Crippen LogP contribution in [0, 0.1) is 5.82 Å². The van der Waals surface area contributed by atoms with Crippen LogP contribution >= 0.6 is 0 Å². The van der Waals surface area contributed by atoms with Gasteiger partial charge in [-0.3, -0.25) is 25.0 Å². The number of likely N-dealkylation sites (tertiary alicyclic amines) is 1. The lowest BCUT2D eigenvalue weighted by Crippen LogP contribution is -2.29. The van der Waals surface area contributed by atoms with E-state index in [-0.39, 0.29) is 0 Å². The molecular formula is C33H34FN9O. The average Bonchev–Trinajstić information content (AvgIpc) is 3.65. The molecular weight excluding hydrogens is 557 g/mol. The number of aromatic amines is 2. The van der Waals surface area contributed by atoms with E-state index in [1.807, 2.05) is 43.5 Å². The van der Waals surface area contributed by atoms with Crippen LogP contribution in [0.1, 0.15) is 24.8 Å². The number of nitrogens with one attached hydrogen (secondary N) is 2. The number of hydrogen-bond acceptors (Lipinski definition) is 8. The van der Waals surface area contributed by atoms with Crippen molar-refractivity contribution < 1.29 is 9.13 Å². The fourth-order valence-corrected chi connectivity index (χ4v) is 5.73. The highest BCUT2D eigenvalue weighted by Gasteiger charge is 2.18. The van der Waals surface area contributed by atoms with Crippen LogP contribution in [0.4, 0.5) is 4.39 Å². The molecule has 1 aliphatic rings. The molecule has 1 aliphatic heterocycles. The van der Waals surface area contributed by atoms with E-state index in [1.165, 1.54) is 37.0 Å². The summed E-state index contributed by atoms with van der Waals surface area (Å²) >= 11 is 0. The van der Waals surface area contributed by atoms with Crippen molar-refractivity contribution in [2.24, 2.45) is 0 Å². The highest BCUT2D eigenvalue weighted by Crippen LogP contribution is 2.33. The molecule has 0 aliphatic carbocycles. The van der Waals surface area contributed by atoms with Crippen molar-refractivity contribution in [1.29, 1.82) is 0 Å². The number of fused-ring (bicyclic) bond motifs is 2. The van der Waals surface area contributed by atoms with Crippen molar-refractivity contribution in [2.45, 2.75) is 25.8 Å². The number of halogens is 1. The number of imidazole rings is 1. The molecule has 0 saturated carbocycles. The molecule has 1 aromatic carbocycles. The number of aromatic nitrogens is 7. The summed E-state index contributed by atoms with van der Waals surface area (Å²) in [7, 11) is 3.93. The Hall–Kier alpha value is -4.74. The zero-order valence-electron chi connectivity index (χ0n) is 24.8. The lowest BCUT2D eigenvalue weighted by Gasteiger charge is -2.26. The molecule has 2 N–H and O–H groups in total. The number of hydrogen-bond donors (Lipinski definition) is 2. The molecule has 0 radical (unpaired) electrons. The minimum Gasteiger partial charge on any atom is -0.492 e. The van der Waals surface area contributed by atoms with Crippen molar-refractivity contribution >= 4 is 21.9 Å². The van der Waals surface area contributed by atoms with E-state index in [9.17, 15) is 4.39 Å². The summed E-state index contributed by atoms with van der Waals surface area (Å²) in [5.41, 5.74) is 6.94. The molecule has 44 heavy (non-hydrogen) atoms. The Kier molecular flexibility index (Phi) is 7.71. The SMILES string of the molecule is CN(C)CCOc1cc(F)cc(-c2nccc3[nH]c(-c4n[nH]c5cnc(-c6cncc(CN7CCCCC7)c6)cc45)nc23)c1. The van der Waals surface area contributed by atoms with E-state index >= 15 is 0 Å². The molecule has 1 fully saturated rings. The maximum Gasteiger partial charge on any atom is 0.159 e. The van der Waals surface area contributed by atoms with Crippen LogP contribution in [-0.4, -0.2) is 85.3 Å². The second-order valence-corrected chi connectivity index (χ2v) is 11.6. The largest absolute Gasteiger partial charge is 0.492 e. The van der Waals surface area contributed by atoms with Crippen LogP contribution in [0.5, 0.6) is 5.75 Å². The van der Waals surface area contributed by atoms with E-state index < -0.39 is 5.82 Å². The molecule has 224 valence electrons. The first-order valence-electron chi connectivity index (χ1n) is 14.9. The lowest BCUT2D eigenvalue weighted by atomic mass is 10.1. The van der Waals surface area contributed by atoms with Crippen molar-refractivity contribution in [3.63, 3.8) is 0 Å². The molecule has 6 aromatic rings. The molecule has 0 amide bonds. The third-order valence-electron chi connectivity index (χ3n) is 7.97. The number of pyridine rings is 3. The number of likely N-dealkylation sites (N-methyl/N-ethyl adjacent to an activating group) is 1. The van der Waals surface area contributed by atoms with Gasteiger partial charge in [0.2, 0.25) is 0 Å². The Bertz CT molecular complexity index is 1930. The molecule has 0 spiro atoms. The first kappa shape index (κ1) is 28.1. The predicted molar refractivity (Wildman–Crippen MR) is 169 cm³/mol. The highest BCUT2D eigenvalue weighted by molar-refractivity contribution is 5.96. The van der Waals surface area contributed by atoms with Crippen molar-refractivity contribution in [3.05, 3.63) is 72.6 Å². The van der Waals surface area contributed by atoms with Gasteiger partial charge in [-0.05, 0) is 75.9 Å². The van der Waals surface area contributed by atoms with Gasteiger partial charge in [0.25, 0.3) is 0 Å². The second kappa shape index (κ2) is 12.1. The van der Waals surface area contributed by atoms with Crippen LogP contribution in [-0.2, 0) is 6.54 Å². The Balaban J connectivity index is 1.21. The predicted octanol–water partition coefficient (Wildman–Crippen LogP) is 5.69. The van der Waals surface area contributed by atoms with Gasteiger partial charge in [0, 0.05) is 54.3 Å². The summed E-state index contributed by atoms with van der Waals surface area (Å²) in [6.45, 7) is 4.32. The second-order valence-electron chi connectivity index (χ2n) is 11.6. The first-order chi connectivity index (χ1) is 21.5. The maximum absolute atomic E-state index is 14.6. The Morgan fingerprint density at radius 3 is 2.68 bits per heavy atom. The number of H-pyrrole nitrogens is 2. The fraction of sp³-hybridized carbons (Fsp3) is 0.303. The van der Waals surface area contributed by atoms with Crippen molar-refractivity contribution in [2.75, 3.05) is 40.3 Å². The zero-order valence-corrected chi connectivity index (χ0v) is 24.8. The molecule has 5 aromatic heterocycles. The number of piperidine rings is 1. The molecule has 0 bridgehead atoms. The minimum atomic E-state index is -0.398. The summed E-state index contributed by atoms with van der Waals surface area (Å²) < 4.78 is 20.5. The van der Waals surface area contributed by atoms with Gasteiger partial charge in [0.15, 0.2) is 5.82 Å². The molecule has 11 heteroatoms. The van der Waals surface area contributed by atoms with E-state index in [4.69, 9.17) is 14.7 Å². The monoisotopic (exact) mass is 591 g/mol. The van der Waals surface area contributed by atoms with Crippen LogP contribution in [0.25, 0.3) is 56.0 Å². The molecule has 0 unspecified atom stereocenters. The van der Waals surface area contributed by atoms with E-state index in [1.54, 1.807) is 18.5 Å². The van der Waals surface area contributed by atoms with Crippen molar-refractivity contribution in [1.82, 2.24) is 44.9 Å². The minimum absolute atomic E-state index is 0.398. The van der Waals surface area contributed by atoms with Crippen LogP contribution in [0.2, 0.25) is 0 Å². The summed E-state index contributed by atoms with van der Waals surface area (Å²) in [6, 6.07) is 10.7. The molecule has 6 heterocycles. The van der Waals surface area contributed by atoms with Gasteiger partial charge >= 0.3 is 0 Å². The zero-order chi connectivity index (χ0) is 30.0. The lowest BCUT2D eigenvalue weighted by molar-refractivity contribution is 0.220. The fourth-order valence-electron chi connectivity index (χ4n) is 5.73. The van der Waals surface area contributed by atoms with Gasteiger partial charge in [-0.15, -0.1) is 0 Å². The Labute approximate surface area is 254 Å². The molecule has 10 nitrogen and oxygen atoms in total. The van der Waals surface area contributed by atoms with Gasteiger partial charge < -0.3 is 14.6 Å². The first-order valence-corrected chi connectivity index (χ1v) is 14.9. The maximum atomic E-state index is 14.6. The van der Waals surface area contributed by atoms with Crippen molar-refractivity contribution in [3.8, 4) is 39.8 Å². The highest BCUT2D eigenvalue weighted by atomic mass is 19.1. The Morgan fingerprint density at radius 2 is 1.82 bits per heavy atom. The summed E-state index contributed by atoms with van der Waals surface area (Å²) in [5.74, 6) is 0.627. The van der Waals surface area contributed by atoms with E-state index in [2.05, 4.69) is 36.1 Å². The Morgan fingerprint density at radius 1 is 0.932 bits per heavy atom. The third kappa shape index (κ3) is 5.88. The van der Waals surface area contributed by atoms with E-state index in [0.717, 1.165) is 53.9 Å². The number of benzene rings is 1. The van der Waals surface area contributed by atoms with Crippen LogP contribution < -0.4 is 4.74 Å². The van der Waals surface area contributed by atoms with Gasteiger partial charge in [-0.25, -0.2) is 9.37 Å². The number of nitrogens with zero attached hydrogens (tertiary/aromatic N) is 7. The molecule has 7 rings (SSSR count). The molecule has 0 atom stereocenters. The smallest absolute Gasteiger partial charge is 0.159 e. The van der Waals surface area contributed by atoms with Crippen LogP contribution in [0.15, 0.2) is 61.2 Å². The summed E-state index contributed by atoms with van der Waals surface area (Å²) in [6.07, 6.45) is 11.1. The van der Waals surface area contributed by atoms with Gasteiger partial charge in [0.05, 0.1) is 28.6 Å². The van der Waals surface area contributed by atoms with Crippen LogP contribution in [0.3, 0.4) is 0 Å². The molecule has 1 saturated heterocycles. The quantitative estimate of drug-likeness (QED) is 0.221. The normalized spacial score (nSPS) is 14.2.